The van der Waals surface area contributed by atoms with Gasteiger partial charge in [-0.2, -0.15) is 0 Å². The lowest BCUT2D eigenvalue weighted by Gasteiger charge is -2.25. The Bertz CT molecular complexity index is 407. The number of amides is 1. The molecule has 0 unspecified atom stereocenters. The van der Waals surface area contributed by atoms with Crippen LogP contribution < -0.4 is 11.1 Å². The molecule has 0 aliphatic carbocycles. The molecule has 5 heteroatoms. The number of nitrogens with zero attached hydrogens (tertiary/aromatic N) is 1. The molecule has 102 valence electrons. The largest absolute Gasteiger partial charge is 0.348 e. The maximum absolute atomic E-state index is 11.8. The van der Waals surface area contributed by atoms with Crippen LogP contribution in [0.25, 0.3) is 0 Å². The lowest BCUT2D eigenvalue weighted by atomic mass is 9.87. The molecule has 4 nitrogen and oxygen atoms in total. The van der Waals surface area contributed by atoms with Gasteiger partial charge < -0.3 is 11.1 Å². The van der Waals surface area contributed by atoms with Crippen molar-refractivity contribution < 1.29 is 4.79 Å². The molecular weight excluding hydrogens is 246 g/mol. The Kier molecular flexibility index (Phi) is 4.87. The number of hydrogen-bond donors (Lipinski definition) is 2. The van der Waals surface area contributed by atoms with E-state index >= 15 is 0 Å². The standard InChI is InChI=1S/C13H23N3OS/c1-8(2)9-7-18-10(16-9)6-15-12(17)11(14)13(3,4)5/h7-8,11H,6,14H2,1-5H3,(H,15,17)/t11-/m1/s1. The smallest absolute Gasteiger partial charge is 0.237 e. The summed E-state index contributed by atoms with van der Waals surface area (Å²) in [5.74, 6) is 0.298. The summed E-state index contributed by atoms with van der Waals surface area (Å²) in [6.45, 7) is 10.5. The third-order valence-electron chi connectivity index (χ3n) is 2.79. The monoisotopic (exact) mass is 269 g/mol. The Hall–Kier alpha value is -0.940. The fourth-order valence-electron chi connectivity index (χ4n) is 1.34. The Morgan fingerprint density at radius 3 is 2.56 bits per heavy atom. The van der Waals surface area contributed by atoms with Crippen molar-refractivity contribution in [2.24, 2.45) is 11.1 Å². The Labute approximate surface area is 113 Å². The van der Waals surface area contributed by atoms with Gasteiger partial charge in [0, 0.05) is 5.38 Å². The molecule has 1 rings (SSSR count). The van der Waals surface area contributed by atoms with Gasteiger partial charge in [0.15, 0.2) is 0 Å². The molecule has 1 amide bonds. The van der Waals surface area contributed by atoms with Gasteiger partial charge in [-0.05, 0) is 11.3 Å². The minimum absolute atomic E-state index is 0.121. The van der Waals surface area contributed by atoms with Crippen LogP contribution in [0.2, 0.25) is 0 Å². The van der Waals surface area contributed by atoms with Crippen LogP contribution in [0, 0.1) is 5.41 Å². The molecule has 1 heterocycles. The third kappa shape index (κ3) is 4.07. The zero-order valence-corrected chi connectivity index (χ0v) is 12.6. The number of hydrogen-bond acceptors (Lipinski definition) is 4. The van der Waals surface area contributed by atoms with Gasteiger partial charge in [0.05, 0.1) is 18.3 Å². The minimum Gasteiger partial charge on any atom is -0.348 e. The van der Waals surface area contributed by atoms with Gasteiger partial charge in [-0.25, -0.2) is 4.98 Å². The Morgan fingerprint density at radius 2 is 2.11 bits per heavy atom. The fourth-order valence-corrected chi connectivity index (χ4v) is 2.23. The van der Waals surface area contributed by atoms with Crippen LogP contribution in [0.15, 0.2) is 5.38 Å². The van der Waals surface area contributed by atoms with Crippen molar-refractivity contribution in [2.45, 2.75) is 53.1 Å². The number of rotatable bonds is 4. The van der Waals surface area contributed by atoms with E-state index in [1.807, 2.05) is 26.2 Å². The van der Waals surface area contributed by atoms with Crippen molar-refractivity contribution in [1.82, 2.24) is 10.3 Å². The summed E-state index contributed by atoms with van der Waals surface area (Å²) in [5.41, 5.74) is 6.73. The molecule has 0 fully saturated rings. The second kappa shape index (κ2) is 5.80. The van der Waals surface area contributed by atoms with E-state index in [2.05, 4.69) is 24.1 Å². The molecule has 1 atom stereocenters. The van der Waals surface area contributed by atoms with E-state index in [0.29, 0.717) is 12.5 Å². The predicted octanol–water partition coefficient (Wildman–Crippen LogP) is 2.26. The zero-order valence-electron chi connectivity index (χ0n) is 11.8. The van der Waals surface area contributed by atoms with Gasteiger partial charge in [-0.3, -0.25) is 4.79 Å². The van der Waals surface area contributed by atoms with Gasteiger partial charge in [0.2, 0.25) is 5.91 Å². The Morgan fingerprint density at radius 1 is 1.50 bits per heavy atom. The molecule has 1 aromatic rings. The summed E-state index contributed by atoms with van der Waals surface area (Å²) in [6.07, 6.45) is 0. The topological polar surface area (TPSA) is 68.0 Å². The molecular formula is C13H23N3OS. The average molecular weight is 269 g/mol. The summed E-state index contributed by atoms with van der Waals surface area (Å²) < 4.78 is 0. The predicted molar refractivity (Wildman–Crippen MR) is 75.5 cm³/mol. The second-order valence-electron chi connectivity index (χ2n) is 5.88. The third-order valence-corrected chi connectivity index (χ3v) is 3.66. The Balaban J connectivity index is 2.52. The van der Waals surface area contributed by atoms with E-state index in [0.717, 1.165) is 10.7 Å². The van der Waals surface area contributed by atoms with E-state index in [1.54, 1.807) is 11.3 Å². The molecule has 1 aromatic heterocycles. The average Bonchev–Trinajstić information content (AvgIpc) is 2.72. The van der Waals surface area contributed by atoms with Crippen LogP contribution in [0.3, 0.4) is 0 Å². The first-order chi connectivity index (χ1) is 8.21. The molecule has 3 N–H and O–H groups in total. The van der Waals surface area contributed by atoms with Crippen LogP contribution in [-0.4, -0.2) is 16.9 Å². The quantitative estimate of drug-likeness (QED) is 0.881. The van der Waals surface area contributed by atoms with Crippen LogP contribution in [0.1, 0.15) is 51.2 Å². The van der Waals surface area contributed by atoms with Crippen molar-refractivity contribution in [3.8, 4) is 0 Å². The number of nitrogens with two attached hydrogens (primary N) is 1. The van der Waals surface area contributed by atoms with Crippen LogP contribution in [0.4, 0.5) is 0 Å². The molecule has 0 aromatic carbocycles. The van der Waals surface area contributed by atoms with E-state index in [1.165, 1.54) is 0 Å². The summed E-state index contributed by atoms with van der Waals surface area (Å²) >= 11 is 1.57. The second-order valence-corrected chi connectivity index (χ2v) is 6.82. The zero-order chi connectivity index (χ0) is 13.9. The summed E-state index contributed by atoms with van der Waals surface area (Å²) in [7, 11) is 0. The van der Waals surface area contributed by atoms with Crippen molar-refractivity contribution >= 4 is 17.2 Å². The number of aromatic nitrogens is 1. The van der Waals surface area contributed by atoms with Crippen molar-refractivity contribution in [1.29, 1.82) is 0 Å². The first-order valence-corrected chi connectivity index (χ1v) is 7.07. The van der Waals surface area contributed by atoms with Gasteiger partial charge in [-0.15, -0.1) is 11.3 Å². The summed E-state index contributed by atoms with van der Waals surface area (Å²) in [6, 6.07) is -0.498. The first kappa shape index (κ1) is 15.1. The molecule has 18 heavy (non-hydrogen) atoms. The molecule has 0 aliphatic rings. The van der Waals surface area contributed by atoms with E-state index < -0.39 is 6.04 Å². The molecule has 0 aliphatic heterocycles. The highest BCUT2D eigenvalue weighted by Crippen LogP contribution is 2.19. The SMILES string of the molecule is CC(C)c1csc(CNC(=O)[C@@H](N)C(C)(C)C)n1. The minimum atomic E-state index is -0.498. The van der Waals surface area contributed by atoms with Crippen molar-refractivity contribution in [3.63, 3.8) is 0 Å². The lowest BCUT2D eigenvalue weighted by molar-refractivity contribution is -0.124. The fraction of sp³-hybridized carbons (Fsp3) is 0.692. The highest BCUT2D eigenvalue weighted by molar-refractivity contribution is 7.09. The van der Waals surface area contributed by atoms with Crippen molar-refractivity contribution in [3.05, 3.63) is 16.1 Å². The highest BCUT2D eigenvalue weighted by Gasteiger charge is 2.27. The van der Waals surface area contributed by atoms with Crippen LogP contribution >= 0.6 is 11.3 Å². The number of thiazole rings is 1. The lowest BCUT2D eigenvalue weighted by Crippen LogP contribution is -2.48. The maximum atomic E-state index is 11.8. The number of carbonyl (C=O) groups is 1. The van der Waals surface area contributed by atoms with Gasteiger partial charge in [0.1, 0.15) is 5.01 Å². The molecule has 0 saturated heterocycles. The normalized spacial score (nSPS) is 13.7. The van der Waals surface area contributed by atoms with E-state index in [-0.39, 0.29) is 11.3 Å². The van der Waals surface area contributed by atoms with E-state index in [4.69, 9.17) is 5.73 Å². The first-order valence-electron chi connectivity index (χ1n) is 6.19. The van der Waals surface area contributed by atoms with E-state index in [9.17, 15) is 4.79 Å². The number of carbonyl (C=O) groups excluding carboxylic acids is 1. The van der Waals surface area contributed by atoms with Crippen LogP contribution in [0.5, 0.6) is 0 Å². The highest BCUT2D eigenvalue weighted by atomic mass is 32.1. The number of nitrogens with one attached hydrogen (secondary N) is 1. The summed E-state index contributed by atoms with van der Waals surface area (Å²) in [4.78, 5) is 16.3. The van der Waals surface area contributed by atoms with Gasteiger partial charge in [-0.1, -0.05) is 34.6 Å². The van der Waals surface area contributed by atoms with Crippen LogP contribution in [-0.2, 0) is 11.3 Å². The molecule has 0 spiro atoms. The molecule has 0 radical (unpaired) electrons. The van der Waals surface area contributed by atoms with Crippen molar-refractivity contribution in [2.75, 3.05) is 0 Å². The van der Waals surface area contributed by atoms with Gasteiger partial charge in [0.25, 0.3) is 0 Å². The summed E-state index contributed by atoms with van der Waals surface area (Å²) in [5, 5.41) is 5.80. The molecule has 0 saturated carbocycles. The van der Waals surface area contributed by atoms with Gasteiger partial charge >= 0.3 is 0 Å². The molecule has 0 bridgehead atoms. The maximum Gasteiger partial charge on any atom is 0.237 e.